The molecule has 0 heterocycles. The molecular weight excluding hydrogens is 324 g/mol. The van der Waals surface area contributed by atoms with Crippen molar-refractivity contribution in [1.29, 1.82) is 0 Å². The Labute approximate surface area is 144 Å². The van der Waals surface area contributed by atoms with E-state index in [1.54, 1.807) is 55.6 Å². The molecule has 0 bridgehead atoms. The SMILES string of the molecule is COc1ccc(C=NOCC(=O)NNC(=O)c2ccccc2N)cc1. The van der Waals surface area contributed by atoms with Crippen LogP contribution >= 0.6 is 0 Å². The molecule has 2 rings (SSSR count). The third-order valence-corrected chi connectivity index (χ3v) is 3.11. The van der Waals surface area contributed by atoms with Crippen molar-refractivity contribution in [2.75, 3.05) is 19.5 Å². The van der Waals surface area contributed by atoms with Gasteiger partial charge < -0.3 is 15.3 Å². The molecular formula is C17H18N4O4. The van der Waals surface area contributed by atoms with E-state index in [1.165, 1.54) is 6.21 Å². The van der Waals surface area contributed by atoms with Crippen LogP contribution in [0.1, 0.15) is 15.9 Å². The molecule has 4 N–H and O–H groups in total. The van der Waals surface area contributed by atoms with Gasteiger partial charge >= 0.3 is 0 Å². The fourth-order valence-electron chi connectivity index (χ4n) is 1.82. The number of hydrazine groups is 1. The molecule has 8 nitrogen and oxygen atoms in total. The molecule has 0 aliphatic rings. The molecule has 2 aromatic rings. The van der Waals surface area contributed by atoms with E-state index in [0.717, 1.165) is 11.3 Å². The van der Waals surface area contributed by atoms with E-state index >= 15 is 0 Å². The van der Waals surface area contributed by atoms with E-state index in [4.69, 9.17) is 15.3 Å². The molecule has 0 aromatic heterocycles. The summed E-state index contributed by atoms with van der Waals surface area (Å²) in [4.78, 5) is 28.3. The topological polar surface area (TPSA) is 115 Å². The minimum absolute atomic E-state index is 0.265. The van der Waals surface area contributed by atoms with Gasteiger partial charge in [0.25, 0.3) is 11.8 Å². The van der Waals surface area contributed by atoms with Crippen LogP contribution in [0.3, 0.4) is 0 Å². The molecule has 0 saturated carbocycles. The minimum Gasteiger partial charge on any atom is -0.497 e. The van der Waals surface area contributed by atoms with Gasteiger partial charge in [-0.15, -0.1) is 0 Å². The number of amides is 2. The Bertz CT molecular complexity index is 759. The molecule has 0 aliphatic carbocycles. The van der Waals surface area contributed by atoms with Gasteiger partial charge in [0.15, 0.2) is 6.61 Å². The summed E-state index contributed by atoms with van der Waals surface area (Å²) >= 11 is 0. The van der Waals surface area contributed by atoms with Crippen LogP contribution in [0.2, 0.25) is 0 Å². The van der Waals surface area contributed by atoms with Crippen molar-refractivity contribution in [2.45, 2.75) is 0 Å². The van der Waals surface area contributed by atoms with Gasteiger partial charge in [-0.25, -0.2) is 0 Å². The van der Waals surface area contributed by atoms with Crippen LogP contribution in [-0.2, 0) is 9.63 Å². The predicted octanol–water partition coefficient (Wildman–Crippen LogP) is 1.09. The zero-order chi connectivity index (χ0) is 18.1. The smallest absolute Gasteiger partial charge is 0.279 e. The fraction of sp³-hybridized carbons (Fsp3) is 0.118. The van der Waals surface area contributed by atoms with Gasteiger partial charge in [-0.05, 0) is 42.0 Å². The second kappa shape index (κ2) is 8.92. The van der Waals surface area contributed by atoms with E-state index in [-0.39, 0.29) is 12.2 Å². The second-order valence-corrected chi connectivity index (χ2v) is 4.87. The van der Waals surface area contributed by atoms with Crippen LogP contribution in [0.15, 0.2) is 53.7 Å². The number of anilines is 1. The number of rotatable bonds is 6. The zero-order valence-corrected chi connectivity index (χ0v) is 13.6. The van der Waals surface area contributed by atoms with Gasteiger partial charge in [0.05, 0.1) is 18.9 Å². The number of nitrogen functional groups attached to an aromatic ring is 1. The van der Waals surface area contributed by atoms with Crippen molar-refractivity contribution in [1.82, 2.24) is 10.9 Å². The van der Waals surface area contributed by atoms with Gasteiger partial charge in [-0.3, -0.25) is 20.4 Å². The minimum atomic E-state index is -0.560. The van der Waals surface area contributed by atoms with E-state index in [1.807, 2.05) is 0 Å². The first-order valence-corrected chi connectivity index (χ1v) is 7.33. The van der Waals surface area contributed by atoms with Crippen LogP contribution in [-0.4, -0.2) is 31.7 Å². The number of benzene rings is 2. The maximum atomic E-state index is 11.9. The standard InChI is InChI=1S/C17H18N4O4/c1-24-13-8-6-12(7-9-13)10-19-25-11-16(22)20-21-17(23)14-4-2-3-5-15(14)18/h2-10H,11,18H2,1H3,(H,20,22)(H,21,23). The molecule has 0 saturated heterocycles. The van der Waals surface area contributed by atoms with Crippen molar-refractivity contribution in [2.24, 2.45) is 5.16 Å². The first-order chi connectivity index (χ1) is 12.1. The van der Waals surface area contributed by atoms with Crippen LogP contribution in [0.4, 0.5) is 5.69 Å². The van der Waals surface area contributed by atoms with Crippen LogP contribution in [0.25, 0.3) is 0 Å². The Morgan fingerprint density at radius 3 is 2.52 bits per heavy atom. The number of nitrogens with zero attached hydrogens (tertiary/aromatic N) is 1. The number of hydrogen-bond donors (Lipinski definition) is 3. The average molecular weight is 342 g/mol. The normalized spacial score (nSPS) is 10.3. The Kier molecular flexibility index (Phi) is 6.35. The average Bonchev–Trinajstić information content (AvgIpc) is 2.64. The number of carbonyl (C=O) groups excluding carboxylic acids is 2. The highest BCUT2D eigenvalue weighted by molar-refractivity contribution is 5.99. The molecule has 0 fully saturated rings. The summed E-state index contributed by atoms with van der Waals surface area (Å²) in [5.74, 6) is -0.352. The van der Waals surface area contributed by atoms with Crippen molar-refractivity contribution >= 4 is 23.7 Å². The maximum absolute atomic E-state index is 11.9. The Balaban J connectivity index is 1.72. The second-order valence-electron chi connectivity index (χ2n) is 4.87. The molecule has 25 heavy (non-hydrogen) atoms. The zero-order valence-electron chi connectivity index (χ0n) is 13.6. The van der Waals surface area contributed by atoms with Crippen LogP contribution in [0.5, 0.6) is 5.75 Å². The monoisotopic (exact) mass is 342 g/mol. The number of ether oxygens (including phenoxy) is 1. The first kappa shape index (κ1) is 17.8. The highest BCUT2D eigenvalue weighted by atomic mass is 16.6. The lowest BCUT2D eigenvalue weighted by atomic mass is 10.2. The van der Waals surface area contributed by atoms with Gasteiger partial charge in [0.1, 0.15) is 5.75 Å². The number of nitrogens with two attached hydrogens (primary N) is 1. The maximum Gasteiger partial charge on any atom is 0.279 e. The summed E-state index contributed by atoms with van der Waals surface area (Å²) in [7, 11) is 1.58. The number of oxime groups is 1. The molecule has 0 spiro atoms. The lowest BCUT2D eigenvalue weighted by Crippen LogP contribution is -2.43. The van der Waals surface area contributed by atoms with Gasteiger partial charge in [-0.2, -0.15) is 0 Å². The highest BCUT2D eigenvalue weighted by Gasteiger charge is 2.09. The summed E-state index contributed by atoms with van der Waals surface area (Å²) in [6.45, 7) is -0.350. The Hall–Kier alpha value is -3.55. The molecule has 130 valence electrons. The predicted molar refractivity (Wildman–Crippen MR) is 93.0 cm³/mol. The largest absolute Gasteiger partial charge is 0.497 e. The van der Waals surface area contributed by atoms with Crippen LogP contribution in [0, 0.1) is 0 Å². The van der Waals surface area contributed by atoms with E-state index < -0.39 is 11.8 Å². The van der Waals surface area contributed by atoms with E-state index in [2.05, 4.69) is 16.0 Å². The Morgan fingerprint density at radius 1 is 1.12 bits per heavy atom. The van der Waals surface area contributed by atoms with E-state index in [0.29, 0.717) is 5.69 Å². The molecule has 2 aromatic carbocycles. The number of hydrogen-bond acceptors (Lipinski definition) is 6. The quantitative estimate of drug-likeness (QED) is 0.413. The Morgan fingerprint density at radius 2 is 1.84 bits per heavy atom. The van der Waals surface area contributed by atoms with Gasteiger partial charge in [0.2, 0.25) is 0 Å². The van der Waals surface area contributed by atoms with E-state index in [9.17, 15) is 9.59 Å². The summed E-state index contributed by atoms with van der Waals surface area (Å²) in [5, 5.41) is 3.68. The third-order valence-electron chi connectivity index (χ3n) is 3.11. The van der Waals surface area contributed by atoms with Crippen molar-refractivity contribution < 1.29 is 19.2 Å². The fourth-order valence-corrected chi connectivity index (χ4v) is 1.82. The summed E-state index contributed by atoms with van der Waals surface area (Å²) in [5.41, 5.74) is 11.5. The lowest BCUT2D eigenvalue weighted by molar-refractivity contribution is -0.126. The summed E-state index contributed by atoms with van der Waals surface area (Å²) in [6.07, 6.45) is 1.45. The molecule has 2 amide bonds. The first-order valence-electron chi connectivity index (χ1n) is 7.33. The molecule has 0 radical (unpaired) electrons. The molecule has 0 atom stereocenters. The van der Waals surface area contributed by atoms with Crippen LogP contribution < -0.4 is 21.3 Å². The van der Waals surface area contributed by atoms with Gasteiger partial charge in [0, 0.05) is 5.69 Å². The summed E-state index contributed by atoms with van der Waals surface area (Å²) in [6, 6.07) is 13.6. The van der Waals surface area contributed by atoms with Gasteiger partial charge in [-0.1, -0.05) is 17.3 Å². The van der Waals surface area contributed by atoms with Crippen molar-refractivity contribution in [3.05, 3.63) is 59.7 Å². The lowest BCUT2D eigenvalue weighted by Gasteiger charge is -2.08. The highest BCUT2D eigenvalue weighted by Crippen LogP contribution is 2.10. The number of carbonyl (C=O) groups is 2. The molecule has 0 aliphatic heterocycles. The molecule has 8 heteroatoms. The van der Waals surface area contributed by atoms with Crippen molar-refractivity contribution in [3.8, 4) is 5.75 Å². The van der Waals surface area contributed by atoms with Crippen molar-refractivity contribution in [3.63, 3.8) is 0 Å². The number of para-hydroxylation sites is 1. The third kappa shape index (κ3) is 5.54. The number of nitrogens with one attached hydrogen (secondary N) is 2. The summed E-state index contributed by atoms with van der Waals surface area (Å²) < 4.78 is 5.04. The molecule has 0 unspecified atom stereocenters. The number of methoxy groups -OCH3 is 1.